The van der Waals surface area contributed by atoms with Gasteiger partial charge in [0.1, 0.15) is 16.4 Å². The Morgan fingerprint density at radius 2 is 1.55 bits per heavy atom. The maximum absolute atomic E-state index is 13.4. The number of benzene rings is 1. The predicted octanol–water partition coefficient (Wildman–Crippen LogP) is 2.70. The molecule has 0 bridgehead atoms. The Labute approximate surface area is 171 Å². The summed E-state index contributed by atoms with van der Waals surface area (Å²) in [6.45, 7) is 4.76. The second-order valence-electron chi connectivity index (χ2n) is 7.14. The highest BCUT2D eigenvalue weighted by atomic mass is 32.2. The highest BCUT2D eigenvalue weighted by Crippen LogP contribution is 2.32. The first-order chi connectivity index (χ1) is 13.7. The fourth-order valence-electron chi connectivity index (χ4n) is 3.65. The number of sulfonamides is 1. The number of nitrogens with zero attached hydrogens (tertiary/aromatic N) is 2. The molecule has 1 amide bonds. The summed E-state index contributed by atoms with van der Waals surface area (Å²) in [5.74, 6) is 0.667. The first-order valence-corrected chi connectivity index (χ1v) is 10.9. The minimum absolute atomic E-state index is 0.0104. The van der Waals surface area contributed by atoms with Gasteiger partial charge in [0.15, 0.2) is 0 Å². The van der Waals surface area contributed by atoms with Gasteiger partial charge in [-0.15, -0.1) is 0 Å². The third-order valence-corrected chi connectivity index (χ3v) is 6.94. The number of carbonyl (C=O) groups is 1. The van der Waals surface area contributed by atoms with Crippen molar-refractivity contribution in [2.24, 2.45) is 7.05 Å². The number of amides is 1. The van der Waals surface area contributed by atoms with E-state index in [1.54, 1.807) is 48.6 Å². The molecule has 2 heterocycles. The minimum atomic E-state index is -4.03. The highest BCUT2D eigenvalue weighted by Gasteiger charge is 2.33. The Kier molecular flexibility index (Phi) is 5.79. The van der Waals surface area contributed by atoms with E-state index in [1.165, 1.54) is 14.2 Å². The molecule has 1 aromatic heterocycles. The van der Waals surface area contributed by atoms with Gasteiger partial charge in [0, 0.05) is 49.7 Å². The van der Waals surface area contributed by atoms with Crippen molar-refractivity contribution in [3.05, 3.63) is 35.2 Å². The van der Waals surface area contributed by atoms with Crippen molar-refractivity contribution in [1.82, 2.24) is 9.47 Å². The van der Waals surface area contributed by atoms with Crippen LogP contribution in [0.4, 0.5) is 5.69 Å². The van der Waals surface area contributed by atoms with Crippen LogP contribution in [0.2, 0.25) is 0 Å². The zero-order valence-corrected chi connectivity index (χ0v) is 18.2. The van der Waals surface area contributed by atoms with Crippen molar-refractivity contribution in [3.8, 4) is 11.5 Å². The molecular weight excluding hydrogens is 394 g/mol. The molecule has 1 N–H and O–H groups in total. The first-order valence-electron chi connectivity index (χ1n) is 9.40. The van der Waals surface area contributed by atoms with Gasteiger partial charge in [0.05, 0.1) is 25.5 Å². The Morgan fingerprint density at radius 1 is 1.00 bits per heavy atom. The lowest BCUT2D eigenvalue weighted by atomic mass is 10.2. The minimum Gasteiger partial charge on any atom is -0.497 e. The van der Waals surface area contributed by atoms with Crippen LogP contribution in [0, 0.1) is 13.8 Å². The highest BCUT2D eigenvalue weighted by molar-refractivity contribution is 7.92. The molecule has 0 atom stereocenters. The number of methoxy groups -OCH3 is 2. The molecule has 0 spiro atoms. The molecule has 29 heavy (non-hydrogen) atoms. The van der Waals surface area contributed by atoms with Gasteiger partial charge in [-0.2, -0.15) is 0 Å². The topological polar surface area (TPSA) is 89.9 Å². The summed E-state index contributed by atoms with van der Waals surface area (Å²) in [5.41, 5.74) is 1.66. The standard InChI is InChI=1S/C20H27N3O5S/c1-13-18(20(24)23-8-6-7-9-23)19(14(2)22(13)3)29(25,26)21-15-10-16(27-4)12-17(11-15)28-5/h10-12,21H,6-9H2,1-5H3. The lowest BCUT2D eigenvalue weighted by molar-refractivity contribution is 0.0788. The summed E-state index contributed by atoms with van der Waals surface area (Å²) >= 11 is 0. The molecule has 8 nitrogen and oxygen atoms in total. The van der Waals surface area contributed by atoms with E-state index < -0.39 is 10.0 Å². The molecule has 1 aliphatic rings. The van der Waals surface area contributed by atoms with Crippen LogP contribution >= 0.6 is 0 Å². The normalized spacial score (nSPS) is 14.2. The summed E-state index contributed by atoms with van der Waals surface area (Å²) in [6, 6.07) is 4.78. The largest absolute Gasteiger partial charge is 0.497 e. The molecule has 0 saturated carbocycles. The monoisotopic (exact) mass is 421 g/mol. The lowest BCUT2D eigenvalue weighted by Crippen LogP contribution is -2.30. The SMILES string of the molecule is COc1cc(NS(=O)(=O)c2c(C(=O)N3CCCC3)c(C)n(C)c2C)cc(OC)c1. The number of anilines is 1. The number of likely N-dealkylation sites (tertiary alicyclic amines) is 1. The molecule has 9 heteroatoms. The van der Waals surface area contributed by atoms with Crippen LogP contribution in [0.15, 0.2) is 23.1 Å². The Bertz CT molecular complexity index is 1010. The van der Waals surface area contributed by atoms with E-state index in [9.17, 15) is 13.2 Å². The van der Waals surface area contributed by atoms with Crippen molar-refractivity contribution in [2.75, 3.05) is 32.0 Å². The fourth-order valence-corrected chi connectivity index (χ4v) is 5.21. The van der Waals surface area contributed by atoms with Gasteiger partial charge in [0.25, 0.3) is 15.9 Å². The summed E-state index contributed by atoms with van der Waals surface area (Å²) < 4.78 is 41.4. The molecule has 1 aliphatic heterocycles. The zero-order chi connectivity index (χ0) is 21.3. The average Bonchev–Trinajstić information content (AvgIpc) is 3.30. The van der Waals surface area contributed by atoms with E-state index in [2.05, 4.69) is 4.72 Å². The van der Waals surface area contributed by atoms with Crippen molar-refractivity contribution in [1.29, 1.82) is 0 Å². The van der Waals surface area contributed by atoms with Gasteiger partial charge >= 0.3 is 0 Å². The molecule has 1 fully saturated rings. The van der Waals surface area contributed by atoms with Crippen LogP contribution in [-0.2, 0) is 17.1 Å². The van der Waals surface area contributed by atoms with Crippen LogP contribution in [0.5, 0.6) is 11.5 Å². The molecule has 0 unspecified atom stereocenters. The van der Waals surface area contributed by atoms with Gasteiger partial charge in [-0.05, 0) is 26.7 Å². The number of aromatic nitrogens is 1. The van der Waals surface area contributed by atoms with Crippen molar-refractivity contribution in [3.63, 3.8) is 0 Å². The summed E-state index contributed by atoms with van der Waals surface area (Å²) in [7, 11) is 0.714. The average molecular weight is 422 g/mol. The molecule has 0 radical (unpaired) electrons. The molecule has 0 aliphatic carbocycles. The summed E-state index contributed by atoms with van der Waals surface area (Å²) in [4.78, 5) is 14.9. The lowest BCUT2D eigenvalue weighted by Gasteiger charge is -2.17. The van der Waals surface area contributed by atoms with Crippen LogP contribution in [0.25, 0.3) is 0 Å². The van der Waals surface area contributed by atoms with Crippen LogP contribution in [0.1, 0.15) is 34.6 Å². The maximum atomic E-state index is 13.4. The Hall–Kier alpha value is -2.68. The Morgan fingerprint density at radius 3 is 2.07 bits per heavy atom. The number of rotatable bonds is 6. The van der Waals surface area contributed by atoms with E-state index in [-0.39, 0.29) is 16.4 Å². The fraction of sp³-hybridized carbons (Fsp3) is 0.450. The molecule has 2 aromatic rings. The molecule has 3 rings (SSSR count). The van der Waals surface area contributed by atoms with Crippen LogP contribution in [-0.4, -0.2) is 51.1 Å². The second-order valence-corrected chi connectivity index (χ2v) is 8.76. The molecular formula is C20H27N3O5S. The number of hydrogen-bond acceptors (Lipinski definition) is 5. The van der Waals surface area contributed by atoms with Crippen molar-refractivity contribution in [2.45, 2.75) is 31.6 Å². The molecule has 158 valence electrons. The van der Waals surface area contributed by atoms with E-state index in [1.807, 2.05) is 0 Å². The molecule has 1 aromatic carbocycles. The summed E-state index contributed by atoms with van der Waals surface area (Å²) in [5, 5.41) is 0. The Balaban J connectivity index is 2.07. The quantitative estimate of drug-likeness (QED) is 0.775. The van der Waals surface area contributed by atoms with Gasteiger partial charge < -0.3 is 18.9 Å². The van der Waals surface area contributed by atoms with E-state index in [0.717, 1.165) is 12.8 Å². The van der Waals surface area contributed by atoms with Gasteiger partial charge in [0.2, 0.25) is 0 Å². The zero-order valence-electron chi connectivity index (χ0n) is 17.4. The third kappa shape index (κ3) is 3.91. The summed E-state index contributed by atoms with van der Waals surface area (Å²) in [6.07, 6.45) is 1.86. The van der Waals surface area contributed by atoms with Crippen LogP contribution < -0.4 is 14.2 Å². The maximum Gasteiger partial charge on any atom is 0.264 e. The van der Waals surface area contributed by atoms with E-state index in [4.69, 9.17) is 9.47 Å². The molecule has 1 saturated heterocycles. The van der Waals surface area contributed by atoms with Gasteiger partial charge in [-0.25, -0.2) is 8.42 Å². The van der Waals surface area contributed by atoms with Crippen molar-refractivity contribution < 1.29 is 22.7 Å². The number of nitrogens with one attached hydrogen (secondary N) is 1. The first kappa shape index (κ1) is 21.0. The smallest absolute Gasteiger partial charge is 0.264 e. The second kappa shape index (κ2) is 7.98. The third-order valence-electron chi connectivity index (χ3n) is 5.40. The van der Waals surface area contributed by atoms with E-state index >= 15 is 0 Å². The van der Waals surface area contributed by atoms with Gasteiger partial charge in [-0.1, -0.05) is 0 Å². The van der Waals surface area contributed by atoms with E-state index in [0.29, 0.717) is 41.7 Å². The predicted molar refractivity (Wildman–Crippen MR) is 110 cm³/mol. The number of hydrogen-bond donors (Lipinski definition) is 1. The van der Waals surface area contributed by atoms with Crippen molar-refractivity contribution >= 4 is 21.6 Å². The van der Waals surface area contributed by atoms with Crippen LogP contribution in [0.3, 0.4) is 0 Å². The van der Waals surface area contributed by atoms with Gasteiger partial charge in [-0.3, -0.25) is 9.52 Å². The number of carbonyl (C=O) groups excluding carboxylic acids is 1. The number of ether oxygens (including phenoxy) is 2.